The van der Waals surface area contributed by atoms with Gasteiger partial charge in [0.2, 0.25) is 0 Å². The molecular weight excluding hydrogens is 220 g/mol. The van der Waals surface area contributed by atoms with Crippen LogP contribution in [0.3, 0.4) is 0 Å². The van der Waals surface area contributed by atoms with Crippen molar-refractivity contribution in [2.45, 2.75) is 51.9 Å². The minimum atomic E-state index is -1.29. The van der Waals surface area contributed by atoms with Gasteiger partial charge >= 0.3 is 0 Å². The lowest BCUT2D eigenvalue weighted by Gasteiger charge is -2.52. The van der Waals surface area contributed by atoms with Gasteiger partial charge in [-0.3, -0.25) is 4.79 Å². The predicted octanol–water partition coefficient (Wildman–Crippen LogP) is 0.650. The van der Waals surface area contributed by atoms with Crippen LogP contribution in [-0.4, -0.2) is 38.9 Å². The molecule has 0 bridgehead atoms. The molecule has 0 heterocycles. The number of allylic oxidation sites excluding steroid dienone is 1. The van der Waals surface area contributed by atoms with Crippen molar-refractivity contribution in [3.05, 3.63) is 12.2 Å². The van der Waals surface area contributed by atoms with Crippen molar-refractivity contribution in [1.82, 2.24) is 0 Å². The summed E-state index contributed by atoms with van der Waals surface area (Å²) < 4.78 is 0. The molecule has 1 fully saturated rings. The fourth-order valence-corrected chi connectivity index (χ4v) is 2.64. The molecule has 4 heteroatoms. The average Bonchev–Trinajstić information content (AvgIpc) is 2.21. The second-order valence-corrected chi connectivity index (χ2v) is 5.70. The van der Waals surface area contributed by atoms with Crippen LogP contribution in [0.5, 0.6) is 0 Å². The van der Waals surface area contributed by atoms with Gasteiger partial charge < -0.3 is 15.3 Å². The van der Waals surface area contributed by atoms with Gasteiger partial charge in [0, 0.05) is 11.3 Å². The van der Waals surface area contributed by atoms with Crippen LogP contribution in [0.1, 0.15) is 34.1 Å². The van der Waals surface area contributed by atoms with E-state index in [1.54, 1.807) is 6.92 Å². The van der Waals surface area contributed by atoms with E-state index < -0.39 is 29.1 Å². The summed E-state index contributed by atoms with van der Waals surface area (Å²) in [6.45, 7) is 6.73. The third-order valence-electron chi connectivity index (χ3n) is 3.98. The van der Waals surface area contributed by atoms with Gasteiger partial charge in [0.1, 0.15) is 0 Å². The van der Waals surface area contributed by atoms with Crippen LogP contribution in [-0.2, 0) is 4.79 Å². The monoisotopic (exact) mass is 242 g/mol. The molecule has 4 nitrogen and oxygen atoms in total. The van der Waals surface area contributed by atoms with E-state index >= 15 is 0 Å². The third kappa shape index (κ3) is 2.44. The summed E-state index contributed by atoms with van der Waals surface area (Å²) in [5.74, 6) is -0.682. The Kier molecular flexibility index (Phi) is 3.81. The van der Waals surface area contributed by atoms with E-state index in [-0.39, 0.29) is 12.2 Å². The van der Waals surface area contributed by atoms with E-state index in [9.17, 15) is 20.1 Å². The summed E-state index contributed by atoms with van der Waals surface area (Å²) >= 11 is 0. The summed E-state index contributed by atoms with van der Waals surface area (Å²) in [7, 11) is 0. The van der Waals surface area contributed by atoms with Crippen LogP contribution in [0.15, 0.2) is 12.2 Å². The number of hydrogen-bond donors (Lipinski definition) is 3. The molecule has 1 aliphatic carbocycles. The second kappa shape index (κ2) is 4.52. The van der Waals surface area contributed by atoms with Gasteiger partial charge in [0.15, 0.2) is 5.78 Å². The van der Waals surface area contributed by atoms with E-state index in [0.717, 1.165) is 0 Å². The van der Waals surface area contributed by atoms with E-state index in [1.165, 1.54) is 19.1 Å². The summed E-state index contributed by atoms with van der Waals surface area (Å²) in [5, 5.41) is 30.3. The Morgan fingerprint density at radius 1 is 1.35 bits per heavy atom. The molecule has 3 N–H and O–H groups in total. The maximum absolute atomic E-state index is 11.0. The van der Waals surface area contributed by atoms with Crippen molar-refractivity contribution in [2.24, 2.45) is 11.3 Å². The average molecular weight is 242 g/mol. The smallest absolute Gasteiger partial charge is 0.152 e. The largest absolute Gasteiger partial charge is 0.390 e. The van der Waals surface area contributed by atoms with Crippen LogP contribution in [0.4, 0.5) is 0 Å². The molecule has 0 spiro atoms. The van der Waals surface area contributed by atoms with E-state index in [2.05, 4.69) is 0 Å². The molecule has 0 aliphatic heterocycles. The van der Waals surface area contributed by atoms with E-state index in [0.29, 0.717) is 0 Å². The number of carbonyl (C=O) groups excluding carboxylic acids is 1. The molecule has 0 saturated heterocycles. The SMILES string of the molecule is CC(=O)/C=C/[C@@]1(O)[C@H](C)[C@@H](O)[C@H](O)CC1(C)C. The van der Waals surface area contributed by atoms with Crippen LogP contribution in [0.2, 0.25) is 0 Å². The van der Waals surface area contributed by atoms with Crippen LogP contribution in [0, 0.1) is 11.3 Å². The first-order chi connectivity index (χ1) is 7.62. The van der Waals surface area contributed by atoms with E-state index in [1.807, 2.05) is 13.8 Å². The summed E-state index contributed by atoms with van der Waals surface area (Å²) in [6.07, 6.45) is 1.24. The lowest BCUT2D eigenvalue weighted by atomic mass is 9.58. The second-order valence-electron chi connectivity index (χ2n) is 5.70. The molecule has 0 unspecified atom stereocenters. The van der Waals surface area contributed by atoms with Gasteiger partial charge in [0.05, 0.1) is 17.8 Å². The zero-order valence-corrected chi connectivity index (χ0v) is 10.8. The predicted molar refractivity (Wildman–Crippen MR) is 64.3 cm³/mol. The van der Waals surface area contributed by atoms with Crippen molar-refractivity contribution < 1.29 is 20.1 Å². The molecule has 1 saturated carbocycles. The molecule has 0 amide bonds. The van der Waals surface area contributed by atoms with Crippen molar-refractivity contribution in [1.29, 1.82) is 0 Å². The highest BCUT2D eigenvalue weighted by molar-refractivity contribution is 5.87. The minimum Gasteiger partial charge on any atom is -0.390 e. The Balaban J connectivity index is 3.12. The number of aliphatic hydroxyl groups excluding tert-OH is 2. The molecule has 17 heavy (non-hydrogen) atoms. The molecule has 98 valence electrons. The zero-order chi connectivity index (χ0) is 13.4. The number of carbonyl (C=O) groups is 1. The Labute approximate surface area is 102 Å². The molecule has 0 radical (unpaired) electrons. The highest BCUT2D eigenvalue weighted by atomic mass is 16.3. The number of ketones is 1. The topological polar surface area (TPSA) is 77.8 Å². The van der Waals surface area contributed by atoms with Gasteiger partial charge in [-0.05, 0) is 25.5 Å². The van der Waals surface area contributed by atoms with Gasteiger partial charge in [-0.1, -0.05) is 20.8 Å². The summed E-state index contributed by atoms with van der Waals surface area (Å²) in [4.78, 5) is 11.0. The normalized spacial score (nSPS) is 41.7. The highest BCUT2D eigenvalue weighted by Gasteiger charge is 2.54. The van der Waals surface area contributed by atoms with Gasteiger partial charge in [-0.2, -0.15) is 0 Å². The fraction of sp³-hybridized carbons (Fsp3) is 0.769. The first kappa shape index (κ1) is 14.4. The third-order valence-corrected chi connectivity index (χ3v) is 3.98. The molecular formula is C13H22O4. The summed E-state index contributed by atoms with van der Waals surface area (Å²) in [6, 6.07) is 0. The molecule has 0 aromatic heterocycles. The van der Waals surface area contributed by atoms with Crippen molar-refractivity contribution in [2.75, 3.05) is 0 Å². The standard InChI is InChI=1S/C13H22O4/c1-8(14)5-6-13(17)9(2)11(16)10(15)7-12(13,3)4/h5-6,9-11,15-17H,7H2,1-4H3/b6-5+/t9-,10-,11-,13-/m1/s1. The summed E-state index contributed by atoms with van der Waals surface area (Å²) in [5.41, 5.74) is -1.89. The Hall–Kier alpha value is -0.710. The Bertz CT molecular complexity index is 334. The van der Waals surface area contributed by atoms with Crippen molar-refractivity contribution >= 4 is 5.78 Å². The highest BCUT2D eigenvalue weighted by Crippen LogP contribution is 2.48. The van der Waals surface area contributed by atoms with Gasteiger partial charge in [-0.25, -0.2) is 0 Å². The van der Waals surface area contributed by atoms with E-state index in [4.69, 9.17) is 0 Å². The molecule has 0 aromatic rings. The molecule has 1 aliphatic rings. The minimum absolute atomic E-state index is 0.151. The van der Waals surface area contributed by atoms with Crippen LogP contribution >= 0.6 is 0 Å². The lowest BCUT2D eigenvalue weighted by molar-refractivity contribution is -0.182. The first-order valence-electron chi connectivity index (χ1n) is 5.90. The van der Waals surface area contributed by atoms with Crippen LogP contribution in [0.25, 0.3) is 0 Å². The lowest BCUT2D eigenvalue weighted by Crippen LogP contribution is -2.60. The first-order valence-corrected chi connectivity index (χ1v) is 5.90. The number of hydrogen-bond acceptors (Lipinski definition) is 4. The number of aliphatic hydroxyl groups is 3. The van der Waals surface area contributed by atoms with Crippen LogP contribution < -0.4 is 0 Å². The molecule has 1 rings (SSSR count). The zero-order valence-electron chi connectivity index (χ0n) is 10.8. The molecule has 4 atom stereocenters. The quantitative estimate of drug-likeness (QED) is 0.621. The Morgan fingerprint density at radius 3 is 2.35 bits per heavy atom. The van der Waals surface area contributed by atoms with Crippen molar-refractivity contribution in [3.8, 4) is 0 Å². The maximum atomic E-state index is 11.0. The Morgan fingerprint density at radius 2 is 1.88 bits per heavy atom. The fourth-order valence-electron chi connectivity index (χ4n) is 2.64. The van der Waals surface area contributed by atoms with Gasteiger partial charge in [0.25, 0.3) is 0 Å². The van der Waals surface area contributed by atoms with Gasteiger partial charge in [-0.15, -0.1) is 0 Å². The maximum Gasteiger partial charge on any atom is 0.152 e. The molecule has 0 aromatic carbocycles. The van der Waals surface area contributed by atoms with Crippen molar-refractivity contribution in [3.63, 3.8) is 0 Å². The number of rotatable bonds is 2.